The maximum Gasteiger partial charge on any atom is 0.318 e. The molecule has 0 heterocycles. The SMILES string of the molecule is Cc1ccccc1[C@@H](C)NC(=O)N(C)CC(=O)Nc1cccc2ccccc12. The highest BCUT2D eigenvalue weighted by Crippen LogP contribution is 2.23. The van der Waals surface area contributed by atoms with Gasteiger partial charge in [0.15, 0.2) is 0 Å². The molecule has 0 spiro atoms. The lowest BCUT2D eigenvalue weighted by molar-refractivity contribution is -0.116. The van der Waals surface area contributed by atoms with Crippen LogP contribution in [0.1, 0.15) is 24.1 Å². The number of urea groups is 1. The van der Waals surface area contributed by atoms with Crippen LogP contribution in [0.25, 0.3) is 10.8 Å². The highest BCUT2D eigenvalue weighted by atomic mass is 16.2. The largest absolute Gasteiger partial charge is 0.331 e. The number of nitrogens with one attached hydrogen (secondary N) is 2. The normalized spacial score (nSPS) is 11.7. The third-order valence-electron chi connectivity index (χ3n) is 4.79. The van der Waals surface area contributed by atoms with E-state index in [1.165, 1.54) is 4.90 Å². The molecular weight excluding hydrogens is 350 g/mol. The third-order valence-corrected chi connectivity index (χ3v) is 4.79. The average molecular weight is 375 g/mol. The molecule has 5 nitrogen and oxygen atoms in total. The highest BCUT2D eigenvalue weighted by Gasteiger charge is 2.17. The summed E-state index contributed by atoms with van der Waals surface area (Å²) in [6, 6.07) is 21.1. The van der Waals surface area contributed by atoms with Gasteiger partial charge in [0.1, 0.15) is 6.54 Å². The molecule has 1 atom stereocenters. The van der Waals surface area contributed by atoms with Gasteiger partial charge in [0.25, 0.3) is 0 Å². The van der Waals surface area contributed by atoms with Gasteiger partial charge in [-0.2, -0.15) is 0 Å². The molecule has 0 bridgehead atoms. The molecule has 0 aliphatic heterocycles. The van der Waals surface area contributed by atoms with Crippen molar-refractivity contribution in [2.75, 3.05) is 18.9 Å². The topological polar surface area (TPSA) is 61.4 Å². The fourth-order valence-electron chi connectivity index (χ4n) is 3.26. The van der Waals surface area contributed by atoms with Crippen LogP contribution in [0.4, 0.5) is 10.5 Å². The molecule has 2 N–H and O–H groups in total. The Balaban J connectivity index is 1.60. The standard InChI is InChI=1S/C23H25N3O2/c1-16-9-4-6-12-19(16)17(2)24-23(28)26(3)15-22(27)25-21-14-8-11-18-10-5-7-13-20(18)21/h4-14,17H,15H2,1-3H3,(H,24,28)(H,25,27)/t17-/m1/s1. The Hall–Kier alpha value is -3.34. The first kappa shape index (κ1) is 19.4. The fourth-order valence-corrected chi connectivity index (χ4v) is 3.26. The van der Waals surface area contributed by atoms with E-state index in [-0.39, 0.29) is 24.5 Å². The van der Waals surface area contributed by atoms with E-state index >= 15 is 0 Å². The Labute approximate surface area is 165 Å². The Kier molecular flexibility index (Phi) is 5.94. The van der Waals surface area contributed by atoms with E-state index in [2.05, 4.69) is 10.6 Å². The molecule has 5 heteroatoms. The van der Waals surface area contributed by atoms with E-state index in [4.69, 9.17) is 0 Å². The lowest BCUT2D eigenvalue weighted by Gasteiger charge is -2.22. The average Bonchev–Trinajstić information content (AvgIpc) is 2.68. The number of amides is 3. The van der Waals surface area contributed by atoms with Crippen molar-refractivity contribution in [2.45, 2.75) is 19.9 Å². The van der Waals surface area contributed by atoms with Gasteiger partial charge in [-0.15, -0.1) is 0 Å². The Morgan fingerprint density at radius 1 is 0.964 bits per heavy atom. The van der Waals surface area contributed by atoms with Crippen LogP contribution in [0, 0.1) is 6.92 Å². The third kappa shape index (κ3) is 4.49. The van der Waals surface area contributed by atoms with E-state index in [0.29, 0.717) is 0 Å². The maximum absolute atomic E-state index is 12.5. The van der Waals surface area contributed by atoms with E-state index in [1.54, 1.807) is 7.05 Å². The molecule has 0 saturated carbocycles. The quantitative estimate of drug-likeness (QED) is 0.690. The second-order valence-corrected chi connectivity index (χ2v) is 6.96. The van der Waals surface area contributed by atoms with Crippen molar-refractivity contribution in [1.82, 2.24) is 10.2 Å². The van der Waals surface area contributed by atoms with Crippen LogP contribution in [0.2, 0.25) is 0 Å². The maximum atomic E-state index is 12.5. The summed E-state index contributed by atoms with van der Waals surface area (Å²) in [5.41, 5.74) is 2.92. The van der Waals surface area contributed by atoms with Crippen molar-refractivity contribution in [1.29, 1.82) is 0 Å². The number of aryl methyl sites for hydroxylation is 1. The van der Waals surface area contributed by atoms with Crippen molar-refractivity contribution in [3.8, 4) is 0 Å². The smallest absolute Gasteiger partial charge is 0.318 e. The molecule has 28 heavy (non-hydrogen) atoms. The summed E-state index contributed by atoms with van der Waals surface area (Å²) in [6.07, 6.45) is 0. The minimum Gasteiger partial charge on any atom is -0.331 e. The van der Waals surface area contributed by atoms with Crippen LogP contribution >= 0.6 is 0 Å². The molecule has 0 radical (unpaired) electrons. The first-order valence-corrected chi connectivity index (χ1v) is 9.30. The molecule has 0 aliphatic rings. The predicted octanol–water partition coefficient (Wildman–Crippen LogP) is 4.49. The molecule has 3 amide bonds. The fraction of sp³-hybridized carbons (Fsp3) is 0.217. The van der Waals surface area contributed by atoms with E-state index in [0.717, 1.165) is 27.6 Å². The van der Waals surface area contributed by atoms with Crippen LogP contribution in [-0.4, -0.2) is 30.4 Å². The molecule has 3 rings (SSSR count). The Morgan fingerprint density at radius 3 is 2.43 bits per heavy atom. The number of hydrogen-bond acceptors (Lipinski definition) is 2. The summed E-state index contributed by atoms with van der Waals surface area (Å²) in [5.74, 6) is -0.238. The zero-order valence-electron chi connectivity index (χ0n) is 16.4. The number of fused-ring (bicyclic) bond motifs is 1. The molecule has 3 aromatic rings. The molecule has 3 aromatic carbocycles. The monoisotopic (exact) mass is 375 g/mol. The molecule has 144 valence electrons. The van der Waals surface area contributed by atoms with Crippen LogP contribution in [0.15, 0.2) is 66.7 Å². The van der Waals surface area contributed by atoms with Crippen LogP contribution in [0.3, 0.4) is 0 Å². The first-order valence-electron chi connectivity index (χ1n) is 9.30. The molecule has 0 saturated heterocycles. The zero-order chi connectivity index (χ0) is 20.1. The highest BCUT2D eigenvalue weighted by molar-refractivity contribution is 6.03. The minimum absolute atomic E-state index is 0.0322. The number of benzene rings is 3. The minimum atomic E-state index is -0.288. The summed E-state index contributed by atoms with van der Waals surface area (Å²) in [6.45, 7) is 3.92. The van der Waals surface area contributed by atoms with Gasteiger partial charge < -0.3 is 15.5 Å². The summed E-state index contributed by atoms with van der Waals surface area (Å²) in [4.78, 5) is 26.3. The number of carbonyl (C=O) groups excluding carboxylic acids is 2. The number of likely N-dealkylation sites (N-methyl/N-ethyl adjacent to an activating group) is 1. The van der Waals surface area contributed by atoms with Crippen molar-refractivity contribution in [3.63, 3.8) is 0 Å². The van der Waals surface area contributed by atoms with E-state index in [1.807, 2.05) is 80.6 Å². The first-order chi connectivity index (χ1) is 13.5. The van der Waals surface area contributed by atoms with E-state index in [9.17, 15) is 9.59 Å². The molecular formula is C23H25N3O2. The van der Waals surface area contributed by atoms with Crippen molar-refractivity contribution in [2.24, 2.45) is 0 Å². The van der Waals surface area contributed by atoms with Crippen molar-refractivity contribution < 1.29 is 9.59 Å². The van der Waals surface area contributed by atoms with Crippen LogP contribution in [0.5, 0.6) is 0 Å². The van der Waals surface area contributed by atoms with Gasteiger partial charge in [-0.05, 0) is 36.4 Å². The summed E-state index contributed by atoms with van der Waals surface area (Å²) < 4.78 is 0. The number of nitrogens with zero attached hydrogens (tertiary/aromatic N) is 1. The van der Waals surface area contributed by atoms with Gasteiger partial charge in [0.05, 0.1) is 6.04 Å². The number of carbonyl (C=O) groups is 2. The van der Waals surface area contributed by atoms with Crippen molar-refractivity contribution in [3.05, 3.63) is 77.9 Å². The molecule has 0 unspecified atom stereocenters. The Bertz CT molecular complexity index is 995. The lowest BCUT2D eigenvalue weighted by atomic mass is 10.0. The zero-order valence-corrected chi connectivity index (χ0v) is 16.4. The van der Waals surface area contributed by atoms with Crippen LogP contribution in [-0.2, 0) is 4.79 Å². The van der Waals surface area contributed by atoms with Gasteiger partial charge in [0.2, 0.25) is 5.91 Å². The second kappa shape index (κ2) is 8.57. The predicted molar refractivity (Wildman–Crippen MR) is 113 cm³/mol. The van der Waals surface area contributed by atoms with Gasteiger partial charge in [-0.3, -0.25) is 4.79 Å². The summed E-state index contributed by atoms with van der Waals surface area (Å²) in [5, 5.41) is 7.87. The summed E-state index contributed by atoms with van der Waals surface area (Å²) >= 11 is 0. The molecule has 0 aliphatic carbocycles. The lowest BCUT2D eigenvalue weighted by Crippen LogP contribution is -2.42. The van der Waals surface area contributed by atoms with Gasteiger partial charge in [-0.25, -0.2) is 4.79 Å². The van der Waals surface area contributed by atoms with Gasteiger partial charge in [0, 0.05) is 18.1 Å². The molecule has 0 aromatic heterocycles. The number of hydrogen-bond donors (Lipinski definition) is 2. The number of anilines is 1. The van der Waals surface area contributed by atoms with E-state index < -0.39 is 0 Å². The second-order valence-electron chi connectivity index (χ2n) is 6.96. The van der Waals surface area contributed by atoms with Crippen molar-refractivity contribution >= 4 is 28.4 Å². The summed E-state index contributed by atoms with van der Waals surface area (Å²) in [7, 11) is 1.61. The number of rotatable bonds is 5. The Morgan fingerprint density at radius 2 is 1.64 bits per heavy atom. The van der Waals surface area contributed by atoms with Crippen LogP contribution < -0.4 is 10.6 Å². The molecule has 0 fully saturated rings. The van der Waals surface area contributed by atoms with Gasteiger partial charge in [-0.1, -0.05) is 60.7 Å². The van der Waals surface area contributed by atoms with Gasteiger partial charge >= 0.3 is 6.03 Å².